The number of nitrogens with one attached hydrogen (secondary N) is 1. The molecule has 1 N–H and O–H groups in total. The normalized spacial score (nSPS) is 10.9. The topological polar surface area (TPSA) is 32.3 Å². The molecule has 2 rings (SSSR count). The summed E-state index contributed by atoms with van der Waals surface area (Å²) in [5.41, 5.74) is 0.615. The van der Waals surface area contributed by atoms with Crippen LogP contribution >= 0.6 is 22.9 Å². The second-order valence-corrected chi connectivity index (χ2v) is 6.87. The first kappa shape index (κ1) is 16.9. The maximum Gasteiger partial charge on any atom is 0.234 e. The van der Waals surface area contributed by atoms with Gasteiger partial charge in [-0.3, -0.25) is 9.69 Å². The molecule has 0 aliphatic heterocycles. The number of rotatable bonds is 7. The Kier molecular flexibility index (Phi) is 6.36. The number of thiophene rings is 1. The van der Waals surface area contributed by atoms with Crippen molar-refractivity contribution in [2.45, 2.75) is 13.0 Å². The molecule has 1 aromatic carbocycles. The van der Waals surface area contributed by atoms with Crippen LogP contribution in [-0.4, -0.2) is 30.9 Å². The zero-order chi connectivity index (χ0) is 15.9. The van der Waals surface area contributed by atoms with Gasteiger partial charge < -0.3 is 5.32 Å². The van der Waals surface area contributed by atoms with E-state index in [4.69, 9.17) is 11.6 Å². The Morgan fingerprint density at radius 1 is 1.32 bits per heavy atom. The SMILES string of the molecule is CN(CC(=O)NCCc1ccccc1F)Cc1ccc(Cl)s1. The number of amides is 1. The van der Waals surface area contributed by atoms with Crippen LogP contribution in [0.5, 0.6) is 0 Å². The van der Waals surface area contributed by atoms with Crippen LogP contribution in [0.4, 0.5) is 4.39 Å². The van der Waals surface area contributed by atoms with E-state index in [-0.39, 0.29) is 11.7 Å². The smallest absolute Gasteiger partial charge is 0.234 e. The standard InChI is InChI=1S/C16H18ClFN2OS/c1-20(10-13-6-7-15(17)22-13)11-16(21)19-9-8-12-4-2-3-5-14(12)18/h2-7H,8-11H2,1H3,(H,19,21). The van der Waals surface area contributed by atoms with Gasteiger partial charge in [0.15, 0.2) is 0 Å². The summed E-state index contributed by atoms with van der Waals surface area (Å²) in [6.07, 6.45) is 0.489. The second kappa shape index (κ2) is 8.27. The molecule has 0 atom stereocenters. The van der Waals surface area contributed by atoms with E-state index in [0.29, 0.717) is 31.6 Å². The lowest BCUT2D eigenvalue weighted by molar-refractivity contribution is -0.122. The van der Waals surface area contributed by atoms with Crippen LogP contribution in [0.1, 0.15) is 10.4 Å². The van der Waals surface area contributed by atoms with Crippen molar-refractivity contribution in [1.29, 1.82) is 0 Å². The van der Waals surface area contributed by atoms with Gasteiger partial charge in [-0.15, -0.1) is 11.3 Å². The Morgan fingerprint density at radius 3 is 2.77 bits per heavy atom. The molecular weight excluding hydrogens is 323 g/mol. The summed E-state index contributed by atoms with van der Waals surface area (Å²) >= 11 is 7.39. The van der Waals surface area contributed by atoms with Crippen LogP contribution in [0.15, 0.2) is 36.4 Å². The van der Waals surface area contributed by atoms with Gasteiger partial charge >= 0.3 is 0 Å². The van der Waals surface area contributed by atoms with E-state index in [2.05, 4.69) is 5.32 Å². The maximum absolute atomic E-state index is 13.4. The number of likely N-dealkylation sites (N-methyl/N-ethyl adjacent to an activating group) is 1. The number of benzene rings is 1. The van der Waals surface area contributed by atoms with Gasteiger partial charge in [0.1, 0.15) is 5.82 Å². The number of hydrogen-bond acceptors (Lipinski definition) is 3. The highest BCUT2D eigenvalue weighted by Crippen LogP contribution is 2.22. The quantitative estimate of drug-likeness (QED) is 0.838. The summed E-state index contributed by atoms with van der Waals surface area (Å²) in [6, 6.07) is 10.4. The van der Waals surface area contributed by atoms with Crippen molar-refractivity contribution >= 4 is 28.8 Å². The molecule has 1 heterocycles. The number of carbonyl (C=O) groups excluding carboxylic acids is 1. The van der Waals surface area contributed by atoms with Gasteiger partial charge in [-0.2, -0.15) is 0 Å². The molecule has 6 heteroatoms. The van der Waals surface area contributed by atoms with Crippen LogP contribution in [0.3, 0.4) is 0 Å². The average molecular weight is 341 g/mol. The lowest BCUT2D eigenvalue weighted by atomic mass is 10.1. The molecular formula is C16H18ClFN2OS. The van der Waals surface area contributed by atoms with Crippen molar-refractivity contribution in [2.75, 3.05) is 20.1 Å². The third-order valence-corrected chi connectivity index (χ3v) is 4.36. The van der Waals surface area contributed by atoms with Crippen LogP contribution in [-0.2, 0) is 17.8 Å². The van der Waals surface area contributed by atoms with Crippen LogP contribution in [0.25, 0.3) is 0 Å². The average Bonchev–Trinajstić information content (AvgIpc) is 2.86. The molecule has 118 valence electrons. The molecule has 0 saturated carbocycles. The fourth-order valence-corrected chi connectivity index (χ4v) is 3.27. The number of carbonyl (C=O) groups is 1. The number of nitrogens with zero attached hydrogens (tertiary/aromatic N) is 1. The van der Waals surface area contributed by atoms with Crippen molar-refractivity contribution < 1.29 is 9.18 Å². The third kappa shape index (κ3) is 5.40. The first-order valence-corrected chi connectivity index (χ1v) is 8.17. The van der Waals surface area contributed by atoms with Gasteiger partial charge in [0, 0.05) is 18.0 Å². The van der Waals surface area contributed by atoms with E-state index >= 15 is 0 Å². The molecule has 0 unspecified atom stereocenters. The zero-order valence-corrected chi connectivity index (χ0v) is 13.9. The summed E-state index contributed by atoms with van der Waals surface area (Å²) < 4.78 is 14.2. The first-order chi connectivity index (χ1) is 10.5. The van der Waals surface area contributed by atoms with E-state index in [1.54, 1.807) is 18.2 Å². The Bertz CT molecular complexity index is 632. The highest BCUT2D eigenvalue weighted by Gasteiger charge is 2.08. The molecule has 0 radical (unpaired) electrons. The van der Waals surface area contributed by atoms with E-state index in [1.165, 1.54) is 17.4 Å². The van der Waals surface area contributed by atoms with Crippen molar-refractivity contribution in [1.82, 2.24) is 10.2 Å². The highest BCUT2D eigenvalue weighted by molar-refractivity contribution is 7.16. The molecule has 0 spiro atoms. The minimum atomic E-state index is -0.233. The monoisotopic (exact) mass is 340 g/mol. The Balaban J connectivity index is 1.70. The molecule has 0 fully saturated rings. The molecule has 3 nitrogen and oxygen atoms in total. The van der Waals surface area contributed by atoms with E-state index in [1.807, 2.05) is 24.1 Å². The van der Waals surface area contributed by atoms with Gasteiger partial charge in [0.05, 0.1) is 10.9 Å². The Morgan fingerprint density at radius 2 is 2.09 bits per heavy atom. The molecule has 0 bridgehead atoms. The van der Waals surface area contributed by atoms with Crippen LogP contribution in [0, 0.1) is 5.82 Å². The lowest BCUT2D eigenvalue weighted by Crippen LogP contribution is -2.35. The summed E-state index contributed by atoms with van der Waals surface area (Å²) in [5.74, 6) is -0.301. The molecule has 2 aromatic rings. The second-order valence-electron chi connectivity index (χ2n) is 5.07. The zero-order valence-electron chi connectivity index (χ0n) is 12.3. The summed E-state index contributed by atoms with van der Waals surface area (Å²) in [4.78, 5) is 14.9. The minimum absolute atomic E-state index is 0.0681. The highest BCUT2D eigenvalue weighted by atomic mass is 35.5. The van der Waals surface area contributed by atoms with Gasteiger partial charge in [0.25, 0.3) is 0 Å². The third-order valence-electron chi connectivity index (χ3n) is 3.14. The van der Waals surface area contributed by atoms with Gasteiger partial charge in [-0.05, 0) is 37.2 Å². The van der Waals surface area contributed by atoms with Crippen molar-refractivity contribution in [3.8, 4) is 0 Å². The van der Waals surface area contributed by atoms with Crippen molar-refractivity contribution in [3.63, 3.8) is 0 Å². The molecule has 1 amide bonds. The fraction of sp³-hybridized carbons (Fsp3) is 0.312. The lowest BCUT2D eigenvalue weighted by Gasteiger charge is -2.15. The first-order valence-electron chi connectivity index (χ1n) is 6.97. The van der Waals surface area contributed by atoms with E-state index in [0.717, 1.165) is 9.21 Å². The molecule has 0 aliphatic rings. The van der Waals surface area contributed by atoms with E-state index in [9.17, 15) is 9.18 Å². The number of halogens is 2. The van der Waals surface area contributed by atoms with Gasteiger partial charge in [-0.1, -0.05) is 29.8 Å². The predicted molar refractivity (Wildman–Crippen MR) is 88.8 cm³/mol. The molecule has 22 heavy (non-hydrogen) atoms. The molecule has 0 aliphatic carbocycles. The summed E-state index contributed by atoms with van der Waals surface area (Å²) in [7, 11) is 1.88. The fourth-order valence-electron chi connectivity index (χ4n) is 2.10. The van der Waals surface area contributed by atoms with Gasteiger partial charge in [-0.25, -0.2) is 4.39 Å². The van der Waals surface area contributed by atoms with Crippen LogP contribution in [0.2, 0.25) is 4.34 Å². The molecule has 1 aromatic heterocycles. The van der Waals surface area contributed by atoms with Crippen LogP contribution < -0.4 is 5.32 Å². The summed E-state index contributed by atoms with van der Waals surface area (Å²) in [5, 5.41) is 2.81. The Labute approximate surface area is 138 Å². The minimum Gasteiger partial charge on any atom is -0.355 e. The Hall–Kier alpha value is -1.43. The van der Waals surface area contributed by atoms with Gasteiger partial charge in [0.2, 0.25) is 5.91 Å². The van der Waals surface area contributed by atoms with Crippen molar-refractivity contribution in [3.05, 3.63) is 57.0 Å². The van der Waals surface area contributed by atoms with E-state index < -0.39 is 0 Å². The predicted octanol–water partition coefficient (Wildman–Crippen LogP) is 3.33. The maximum atomic E-state index is 13.4. The van der Waals surface area contributed by atoms with Crippen molar-refractivity contribution in [2.24, 2.45) is 0 Å². The molecule has 0 saturated heterocycles. The number of hydrogen-bond donors (Lipinski definition) is 1. The largest absolute Gasteiger partial charge is 0.355 e. The summed E-state index contributed by atoms with van der Waals surface area (Å²) in [6.45, 7) is 1.41.